The molecular weight excluding hydrogens is 352 g/mol. The molecule has 0 spiro atoms. The molecule has 0 heterocycles. The molecule has 0 fully saturated rings. The summed E-state index contributed by atoms with van der Waals surface area (Å²) >= 11 is 5.31. The summed E-state index contributed by atoms with van der Waals surface area (Å²) in [5.41, 5.74) is 0. The van der Waals surface area contributed by atoms with E-state index in [4.69, 9.17) is 11.6 Å². The topological polar surface area (TPSA) is 17.1 Å². The molecule has 0 aromatic carbocycles. The third-order valence-electron chi connectivity index (χ3n) is 4.82. The van der Waals surface area contributed by atoms with Crippen molar-refractivity contribution in [1.29, 1.82) is 0 Å². The van der Waals surface area contributed by atoms with Gasteiger partial charge in [-0.2, -0.15) is 0 Å². The van der Waals surface area contributed by atoms with E-state index in [1.807, 2.05) is 0 Å². The summed E-state index contributed by atoms with van der Waals surface area (Å²) in [6.45, 7) is 2.27. The minimum Gasteiger partial charge on any atom is -0.281 e. The van der Waals surface area contributed by atoms with E-state index in [0.29, 0.717) is 6.42 Å². The molecule has 0 aromatic heterocycles. The van der Waals surface area contributed by atoms with Gasteiger partial charge in [0.05, 0.1) is 0 Å². The number of halogens is 1. The maximum Gasteiger partial charge on any atom is 0.221 e. The van der Waals surface area contributed by atoms with E-state index in [9.17, 15) is 4.79 Å². The van der Waals surface area contributed by atoms with Crippen molar-refractivity contribution in [3.8, 4) is 23.7 Å². The van der Waals surface area contributed by atoms with Gasteiger partial charge in [0.1, 0.15) is 0 Å². The second kappa shape index (κ2) is 23.1. The monoisotopic (exact) mass is 392 g/mol. The maximum atomic E-state index is 10.6. The van der Waals surface area contributed by atoms with Gasteiger partial charge in [0.2, 0.25) is 5.24 Å². The van der Waals surface area contributed by atoms with Crippen LogP contribution in [0.5, 0.6) is 0 Å². The fourth-order valence-corrected chi connectivity index (χ4v) is 3.23. The highest BCUT2D eigenvalue weighted by molar-refractivity contribution is 6.63. The summed E-state index contributed by atoms with van der Waals surface area (Å²) in [5, 5.41) is -0.209. The fraction of sp³-hybridized carbons (Fsp3) is 0.800. The molecule has 0 unspecified atom stereocenters. The molecule has 0 N–H and O–H groups in total. The van der Waals surface area contributed by atoms with Crippen LogP contribution in [0.15, 0.2) is 0 Å². The summed E-state index contributed by atoms with van der Waals surface area (Å²) in [4.78, 5) is 10.6. The quantitative estimate of drug-likeness (QED) is 0.130. The molecule has 0 aliphatic carbocycles. The van der Waals surface area contributed by atoms with Crippen LogP contribution < -0.4 is 0 Å². The summed E-state index contributed by atoms with van der Waals surface area (Å²) in [6, 6.07) is 0. The first-order chi connectivity index (χ1) is 13.3. The van der Waals surface area contributed by atoms with Gasteiger partial charge >= 0.3 is 0 Å². The minimum atomic E-state index is -0.209. The number of rotatable bonds is 18. The molecule has 0 aliphatic heterocycles. The molecule has 0 aromatic rings. The number of unbranched alkanes of at least 4 members (excludes halogenated alkanes) is 16. The van der Waals surface area contributed by atoms with E-state index in [0.717, 1.165) is 32.1 Å². The number of carbonyl (C=O) groups is 1. The molecule has 0 amide bonds. The molecule has 0 radical (unpaired) electrons. The highest BCUT2D eigenvalue weighted by atomic mass is 35.5. The molecule has 1 nitrogen and oxygen atoms in total. The Balaban J connectivity index is 3.25. The second-order valence-electron chi connectivity index (χ2n) is 7.51. The van der Waals surface area contributed by atoms with Crippen molar-refractivity contribution in [2.24, 2.45) is 0 Å². The third kappa shape index (κ3) is 25.1. The van der Waals surface area contributed by atoms with Crippen molar-refractivity contribution in [3.05, 3.63) is 0 Å². The van der Waals surface area contributed by atoms with Gasteiger partial charge in [0, 0.05) is 19.3 Å². The van der Waals surface area contributed by atoms with Crippen molar-refractivity contribution < 1.29 is 4.79 Å². The highest BCUT2D eigenvalue weighted by Gasteiger charge is 1.95. The molecule has 0 aliphatic rings. The molecule has 2 heteroatoms. The highest BCUT2D eigenvalue weighted by Crippen LogP contribution is 2.11. The Morgan fingerprint density at radius 1 is 0.593 bits per heavy atom. The van der Waals surface area contributed by atoms with Crippen LogP contribution in [0.2, 0.25) is 0 Å². The zero-order valence-corrected chi connectivity index (χ0v) is 18.5. The molecular formula is C25H41ClO. The van der Waals surface area contributed by atoms with E-state index < -0.39 is 0 Å². The van der Waals surface area contributed by atoms with Crippen LogP contribution in [-0.4, -0.2) is 5.24 Å². The standard InChI is InChI=1S/C25H41ClO/c1-2-3-4-5-6-7-8-9-10-11-12-13-14-15-16-17-18-19-20-21-22-23-24-25(26)27/h2-12,17-24H2,1H3. The smallest absolute Gasteiger partial charge is 0.221 e. The van der Waals surface area contributed by atoms with Gasteiger partial charge in [0.25, 0.3) is 0 Å². The lowest BCUT2D eigenvalue weighted by Gasteiger charge is -2.00. The average Bonchev–Trinajstić information content (AvgIpc) is 2.65. The molecule has 0 rings (SSSR count). The minimum absolute atomic E-state index is 0.209. The van der Waals surface area contributed by atoms with E-state index in [-0.39, 0.29) is 5.24 Å². The van der Waals surface area contributed by atoms with Gasteiger partial charge in [-0.05, 0) is 42.7 Å². The van der Waals surface area contributed by atoms with Gasteiger partial charge in [0.15, 0.2) is 0 Å². The Hall–Kier alpha value is -0.920. The average molecular weight is 393 g/mol. The maximum absolute atomic E-state index is 10.6. The van der Waals surface area contributed by atoms with E-state index in [1.165, 1.54) is 83.5 Å². The number of hydrogen-bond donors (Lipinski definition) is 0. The molecule has 27 heavy (non-hydrogen) atoms. The van der Waals surface area contributed by atoms with Crippen LogP contribution in [0, 0.1) is 23.7 Å². The lowest BCUT2D eigenvalue weighted by Crippen LogP contribution is -1.86. The Morgan fingerprint density at radius 3 is 1.37 bits per heavy atom. The predicted molar refractivity (Wildman–Crippen MR) is 120 cm³/mol. The van der Waals surface area contributed by atoms with Crippen molar-refractivity contribution in [2.75, 3.05) is 0 Å². The largest absolute Gasteiger partial charge is 0.281 e. The number of hydrogen-bond acceptors (Lipinski definition) is 1. The van der Waals surface area contributed by atoms with Crippen molar-refractivity contribution >= 4 is 16.8 Å². The lowest BCUT2D eigenvalue weighted by atomic mass is 10.1. The Labute approximate surface area is 174 Å². The molecule has 0 bridgehead atoms. The van der Waals surface area contributed by atoms with Crippen LogP contribution in [0.3, 0.4) is 0 Å². The van der Waals surface area contributed by atoms with Crippen molar-refractivity contribution in [1.82, 2.24) is 0 Å². The van der Waals surface area contributed by atoms with Crippen LogP contribution in [0.25, 0.3) is 0 Å². The van der Waals surface area contributed by atoms with Gasteiger partial charge < -0.3 is 0 Å². The summed E-state index contributed by atoms with van der Waals surface area (Å²) in [6.07, 6.45) is 23.0. The molecule has 0 saturated heterocycles. The first-order valence-corrected chi connectivity index (χ1v) is 11.8. The van der Waals surface area contributed by atoms with Gasteiger partial charge in [-0.1, -0.05) is 102 Å². The predicted octanol–water partition coefficient (Wildman–Crippen LogP) is 8.19. The fourth-order valence-electron chi connectivity index (χ4n) is 3.10. The first kappa shape index (κ1) is 26.1. The van der Waals surface area contributed by atoms with Crippen molar-refractivity contribution in [2.45, 2.75) is 129 Å². The molecule has 154 valence electrons. The van der Waals surface area contributed by atoms with E-state index in [1.54, 1.807) is 0 Å². The molecule has 0 atom stereocenters. The molecule has 0 saturated carbocycles. The lowest BCUT2D eigenvalue weighted by molar-refractivity contribution is -0.111. The third-order valence-corrected chi connectivity index (χ3v) is 5.01. The van der Waals surface area contributed by atoms with Crippen LogP contribution in [-0.2, 0) is 4.79 Å². The second-order valence-corrected chi connectivity index (χ2v) is 7.93. The van der Waals surface area contributed by atoms with E-state index in [2.05, 4.69) is 30.6 Å². The van der Waals surface area contributed by atoms with Crippen LogP contribution in [0.4, 0.5) is 0 Å². The van der Waals surface area contributed by atoms with Gasteiger partial charge in [-0.15, -0.1) is 0 Å². The summed E-state index contributed by atoms with van der Waals surface area (Å²) in [5.74, 6) is 12.3. The Kier molecular flexibility index (Phi) is 22.3. The normalized spacial score (nSPS) is 10.0. The van der Waals surface area contributed by atoms with Crippen molar-refractivity contribution in [3.63, 3.8) is 0 Å². The SMILES string of the molecule is CCCCCCCCCCCCC#CC#CCCCCCCCCC(=O)Cl. The number of carbonyl (C=O) groups excluding carboxylic acids is 1. The first-order valence-electron chi connectivity index (χ1n) is 11.4. The van der Waals surface area contributed by atoms with Gasteiger partial charge in [-0.25, -0.2) is 0 Å². The zero-order valence-electron chi connectivity index (χ0n) is 17.7. The Morgan fingerprint density at radius 2 is 0.963 bits per heavy atom. The summed E-state index contributed by atoms with van der Waals surface area (Å²) < 4.78 is 0. The summed E-state index contributed by atoms with van der Waals surface area (Å²) in [7, 11) is 0. The van der Waals surface area contributed by atoms with Gasteiger partial charge in [-0.3, -0.25) is 4.79 Å². The zero-order chi connectivity index (χ0) is 19.8. The Bertz CT molecular complexity index is 446. The van der Waals surface area contributed by atoms with E-state index >= 15 is 0 Å². The van der Waals surface area contributed by atoms with Crippen LogP contribution in [0.1, 0.15) is 129 Å². The van der Waals surface area contributed by atoms with Crippen LogP contribution >= 0.6 is 11.6 Å².